The largest absolute Gasteiger partial charge is 0.368 e. The van der Waals surface area contributed by atoms with Gasteiger partial charge in [0.05, 0.1) is 22.0 Å². The molecule has 0 fully saturated rings. The van der Waals surface area contributed by atoms with Crippen molar-refractivity contribution in [1.82, 2.24) is 9.97 Å². The molecule has 1 heterocycles. The van der Waals surface area contributed by atoms with Crippen LogP contribution in [0.3, 0.4) is 0 Å². The molecule has 8 heteroatoms. The fraction of sp³-hybridized carbons (Fsp3) is 0.318. The van der Waals surface area contributed by atoms with E-state index in [-0.39, 0.29) is 16.4 Å². The van der Waals surface area contributed by atoms with Gasteiger partial charge in [-0.2, -0.15) is 5.26 Å². The second-order valence-electron chi connectivity index (χ2n) is 6.94. The zero-order valence-electron chi connectivity index (χ0n) is 16.7. The van der Waals surface area contributed by atoms with Crippen LogP contribution in [0, 0.1) is 17.1 Å². The lowest BCUT2D eigenvalue weighted by atomic mass is 10.2. The van der Waals surface area contributed by atoms with Gasteiger partial charge in [0, 0.05) is 6.54 Å². The van der Waals surface area contributed by atoms with E-state index in [2.05, 4.69) is 22.2 Å². The Kier molecular flexibility index (Phi) is 6.95. The van der Waals surface area contributed by atoms with Gasteiger partial charge in [-0.05, 0) is 42.8 Å². The molecule has 1 N–H and O–H groups in total. The summed E-state index contributed by atoms with van der Waals surface area (Å²) in [5.41, 5.74) is 1.16. The van der Waals surface area contributed by atoms with Gasteiger partial charge in [0.15, 0.2) is 11.1 Å². The lowest BCUT2D eigenvalue weighted by molar-refractivity contribution is 0.589. The molecule has 0 aliphatic rings. The maximum Gasteiger partial charge on any atom is 0.200 e. The van der Waals surface area contributed by atoms with E-state index in [1.165, 1.54) is 0 Å². The van der Waals surface area contributed by atoms with E-state index in [1.54, 1.807) is 18.2 Å². The topological polar surface area (TPSA) is 95.7 Å². The van der Waals surface area contributed by atoms with E-state index in [4.69, 9.17) is 0 Å². The molecule has 0 aliphatic carbocycles. The zero-order valence-corrected chi connectivity index (χ0v) is 17.5. The number of fused-ring (bicyclic) bond motifs is 1. The molecule has 3 rings (SSSR count). The third kappa shape index (κ3) is 4.74. The zero-order chi connectivity index (χ0) is 21.6. The lowest BCUT2D eigenvalue weighted by Gasteiger charge is -2.16. The van der Waals surface area contributed by atoms with Crippen molar-refractivity contribution in [3.8, 4) is 6.07 Å². The number of aromatic nitrogens is 2. The Morgan fingerprint density at radius 1 is 1.03 bits per heavy atom. The number of halogens is 1. The van der Waals surface area contributed by atoms with Gasteiger partial charge in [-0.3, -0.25) is 0 Å². The van der Waals surface area contributed by atoms with Crippen molar-refractivity contribution in [2.24, 2.45) is 0 Å². The second-order valence-corrected chi connectivity index (χ2v) is 8.97. The molecule has 2 aromatic carbocycles. The van der Waals surface area contributed by atoms with Crippen LogP contribution in [0.5, 0.6) is 0 Å². The highest BCUT2D eigenvalue weighted by atomic mass is 32.2. The number of rotatable bonds is 9. The summed E-state index contributed by atoms with van der Waals surface area (Å²) in [6.45, 7) is 2.72. The molecule has 0 saturated carbocycles. The fourth-order valence-electron chi connectivity index (χ4n) is 3.12. The van der Waals surface area contributed by atoms with Gasteiger partial charge in [-0.1, -0.05) is 38.3 Å². The second kappa shape index (κ2) is 9.63. The van der Waals surface area contributed by atoms with E-state index in [1.807, 2.05) is 12.1 Å². The number of nitrogens with one attached hydrogen (secondary N) is 1. The van der Waals surface area contributed by atoms with Crippen molar-refractivity contribution < 1.29 is 12.8 Å². The van der Waals surface area contributed by atoms with Crippen LogP contribution in [0.1, 0.15) is 43.6 Å². The molecule has 0 aliphatic heterocycles. The standard InChI is InChI=1S/C22H23FN4O2S/c1-2-3-4-7-14-25-22-21(26-18-8-5-6-9-19(18)27-22)20(15-24)30(28,29)17-12-10-16(23)11-13-17/h5-6,8-13,20H,2-4,7,14H2,1H3,(H,25,27)/t20-/m0/s1. The summed E-state index contributed by atoms with van der Waals surface area (Å²) in [5, 5.41) is 11.4. The number of hydrogen-bond acceptors (Lipinski definition) is 6. The number of unbranched alkanes of at least 4 members (excludes halogenated alkanes) is 3. The number of benzene rings is 2. The molecule has 0 unspecified atom stereocenters. The van der Waals surface area contributed by atoms with Crippen molar-refractivity contribution in [2.75, 3.05) is 11.9 Å². The molecule has 0 spiro atoms. The summed E-state index contributed by atoms with van der Waals surface area (Å²) < 4.78 is 39.5. The maximum atomic E-state index is 13.3. The summed E-state index contributed by atoms with van der Waals surface area (Å²) in [5.74, 6) is -0.273. The Morgan fingerprint density at radius 2 is 1.70 bits per heavy atom. The Labute approximate surface area is 175 Å². The molecule has 1 aromatic heterocycles. The third-order valence-corrected chi connectivity index (χ3v) is 6.62. The summed E-state index contributed by atoms with van der Waals surface area (Å²) in [4.78, 5) is 8.86. The molecule has 3 aromatic rings. The lowest BCUT2D eigenvalue weighted by Crippen LogP contribution is -2.17. The Morgan fingerprint density at radius 3 is 2.33 bits per heavy atom. The highest BCUT2D eigenvalue weighted by molar-refractivity contribution is 7.92. The van der Waals surface area contributed by atoms with Gasteiger partial charge >= 0.3 is 0 Å². The monoisotopic (exact) mass is 426 g/mol. The molecular weight excluding hydrogens is 403 g/mol. The molecule has 0 amide bonds. The molecule has 0 saturated heterocycles. The van der Waals surface area contributed by atoms with Crippen LogP contribution in [0.15, 0.2) is 53.4 Å². The van der Waals surface area contributed by atoms with Crippen molar-refractivity contribution >= 4 is 26.7 Å². The summed E-state index contributed by atoms with van der Waals surface area (Å²) in [6, 6.07) is 13.4. The van der Waals surface area contributed by atoms with Crippen LogP contribution in [0.25, 0.3) is 11.0 Å². The first kappa shape index (κ1) is 21.7. The first-order valence-corrected chi connectivity index (χ1v) is 11.4. The van der Waals surface area contributed by atoms with Gasteiger partial charge in [0.2, 0.25) is 9.84 Å². The molecule has 30 heavy (non-hydrogen) atoms. The van der Waals surface area contributed by atoms with Crippen molar-refractivity contribution in [3.63, 3.8) is 0 Å². The predicted octanol–water partition coefficient (Wildman–Crippen LogP) is 4.80. The minimum absolute atomic E-state index is 0.0519. The fourth-order valence-corrected chi connectivity index (χ4v) is 4.51. The van der Waals surface area contributed by atoms with Crippen molar-refractivity contribution in [3.05, 3.63) is 60.0 Å². The van der Waals surface area contributed by atoms with Crippen molar-refractivity contribution in [1.29, 1.82) is 5.26 Å². The summed E-state index contributed by atoms with van der Waals surface area (Å²) in [7, 11) is -4.12. The first-order chi connectivity index (χ1) is 14.5. The molecule has 156 valence electrons. The molecule has 6 nitrogen and oxygen atoms in total. The summed E-state index contributed by atoms with van der Waals surface area (Å²) in [6.07, 6.45) is 4.14. The molecule has 1 atom stereocenters. The van der Waals surface area contributed by atoms with E-state index in [0.717, 1.165) is 49.9 Å². The quantitative estimate of drug-likeness (QED) is 0.390. The van der Waals surface area contributed by atoms with Gasteiger partial charge < -0.3 is 5.32 Å². The average Bonchev–Trinajstić information content (AvgIpc) is 2.74. The van der Waals surface area contributed by atoms with Crippen LogP contribution >= 0.6 is 0 Å². The number of hydrogen-bond donors (Lipinski definition) is 1. The maximum absolute atomic E-state index is 13.3. The van der Waals surface area contributed by atoms with E-state index >= 15 is 0 Å². The van der Waals surface area contributed by atoms with Gasteiger partial charge in [-0.15, -0.1) is 0 Å². The highest BCUT2D eigenvalue weighted by Gasteiger charge is 2.33. The number of para-hydroxylation sites is 2. The van der Waals surface area contributed by atoms with Crippen LogP contribution in [-0.2, 0) is 9.84 Å². The normalized spacial score (nSPS) is 12.4. The van der Waals surface area contributed by atoms with Gasteiger partial charge in [0.1, 0.15) is 11.5 Å². The van der Waals surface area contributed by atoms with E-state index in [0.29, 0.717) is 17.6 Å². The SMILES string of the molecule is CCCCCCNc1nc2ccccc2nc1[C@H](C#N)S(=O)(=O)c1ccc(F)cc1. The smallest absolute Gasteiger partial charge is 0.200 e. The number of sulfone groups is 1. The third-order valence-electron chi connectivity index (χ3n) is 4.74. The molecule has 0 radical (unpaired) electrons. The Hall–Kier alpha value is -3.05. The minimum Gasteiger partial charge on any atom is -0.368 e. The molecule has 0 bridgehead atoms. The number of nitrogens with zero attached hydrogens (tertiary/aromatic N) is 3. The van der Waals surface area contributed by atoms with Crippen LogP contribution < -0.4 is 5.32 Å². The first-order valence-electron chi connectivity index (χ1n) is 9.87. The van der Waals surface area contributed by atoms with Crippen molar-refractivity contribution in [2.45, 2.75) is 42.8 Å². The average molecular weight is 427 g/mol. The van der Waals surface area contributed by atoms with Crippen LogP contribution in [0.4, 0.5) is 10.2 Å². The number of nitriles is 1. The minimum atomic E-state index is -4.12. The van der Waals surface area contributed by atoms with Gasteiger partial charge in [0.25, 0.3) is 0 Å². The van der Waals surface area contributed by atoms with Gasteiger partial charge in [-0.25, -0.2) is 22.8 Å². The van der Waals surface area contributed by atoms with Crippen LogP contribution in [0.2, 0.25) is 0 Å². The summed E-state index contributed by atoms with van der Waals surface area (Å²) >= 11 is 0. The molecular formula is C22H23FN4O2S. The Balaban J connectivity index is 2.03. The van der Waals surface area contributed by atoms with E-state index in [9.17, 15) is 18.1 Å². The number of anilines is 1. The Bertz CT molecular complexity index is 1160. The highest BCUT2D eigenvalue weighted by Crippen LogP contribution is 2.32. The van der Waals surface area contributed by atoms with Crippen LogP contribution in [-0.4, -0.2) is 24.9 Å². The predicted molar refractivity (Wildman–Crippen MR) is 114 cm³/mol. The van der Waals surface area contributed by atoms with E-state index < -0.39 is 20.9 Å².